The Kier molecular flexibility index (Phi) is 4.33. The van der Waals surface area contributed by atoms with Crippen LogP contribution < -0.4 is 0 Å². The Bertz CT molecular complexity index is 305. The highest BCUT2D eigenvalue weighted by Gasteiger charge is 2.14. The quantitative estimate of drug-likeness (QED) is 0.781. The summed E-state index contributed by atoms with van der Waals surface area (Å²) < 4.78 is 4.18. The first-order chi connectivity index (χ1) is 6.31. The molecule has 0 bridgehead atoms. The molecule has 0 amide bonds. The number of rotatable bonds is 4. The Hall–Kier alpha value is -0.470. The lowest BCUT2D eigenvalue weighted by molar-refractivity contribution is 0.844. The summed E-state index contributed by atoms with van der Waals surface area (Å²) in [6.45, 7) is 2.09. The van der Waals surface area contributed by atoms with Crippen LogP contribution in [0, 0.1) is 11.3 Å². The van der Waals surface area contributed by atoms with Gasteiger partial charge in [0.05, 0.1) is 6.07 Å². The molecule has 0 aliphatic heterocycles. The molecule has 0 fully saturated rings. The minimum Gasteiger partial charge on any atom is -0.223 e. The molecule has 1 rings (SSSR count). The van der Waals surface area contributed by atoms with Gasteiger partial charge in [0.25, 0.3) is 0 Å². The SMILES string of the molecule is CCCc1nsc(C(C#N)CBr)n1. The molecule has 0 aromatic carbocycles. The first kappa shape index (κ1) is 10.6. The standard InChI is InChI=1S/C8H10BrN3S/c1-2-3-7-11-8(13-12-7)6(4-9)5-10/h6H,2-4H2,1H3. The molecule has 1 heterocycles. The van der Waals surface area contributed by atoms with E-state index in [1.807, 2.05) is 0 Å². The third-order valence-electron chi connectivity index (χ3n) is 1.57. The van der Waals surface area contributed by atoms with E-state index in [2.05, 4.69) is 38.3 Å². The van der Waals surface area contributed by atoms with E-state index in [4.69, 9.17) is 5.26 Å². The lowest BCUT2D eigenvalue weighted by Gasteiger charge is -1.96. The summed E-state index contributed by atoms with van der Waals surface area (Å²) in [5.74, 6) is 0.715. The number of hydrogen-bond acceptors (Lipinski definition) is 4. The molecule has 0 spiro atoms. The molecule has 1 atom stereocenters. The molecule has 1 unspecified atom stereocenters. The maximum Gasteiger partial charge on any atom is 0.142 e. The molecule has 1 aromatic heterocycles. The van der Waals surface area contributed by atoms with Gasteiger partial charge in [-0.2, -0.15) is 9.64 Å². The Morgan fingerprint density at radius 2 is 2.46 bits per heavy atom. The van der Waals surface area contributed by atoms with Crippen LogP contribution in [-0.4, -0.2) is 14.7 Å². The molecule has 0 N–H and O–H groups in total. The molecule has 3 nitrogen and oxygen atoms in total. The molecule has 13 heavy (non-hydrogen) atoms. The zero-order valence-electron chi connectivity index (χ0n) is 7.33. The summed E-state index contributed by atoms with van der Waals surface area (Å²) in [7, 11) is 0. The van der Waals surface area contributed by atoms with E-state index in [1.54, 1.807) is 0 Å². The van der Waals surface area contributed by atoms with Crippen molar-refractivity contribution in [2.75, 3.05) is 5.33 Å². The third-order valence-corrected chi connectivity index (χ3v) is 3.08. The van der Waals surface area contributed by atoms with Gasteiger partial charge >= 0.3 is 0 Å². The average Bonchev–Trinajstić information content (AvgIpc) is 2.56. The molecular formula is C8H10BrN3S. The highest BCUT2D eigenvalue weighted by Crippen LogP contribution is 2.19. The second-order valence-corrected chi connectivity index (χ2v) is 4.07. The van der Waals surface area contributed by atoms with Gasteiger partial charge in [-0.3, -0.25) is 0 Å². The Morgan fingerprint density at radius 3 is 3.00 bits per heavy atom. The maximum absolute atomic E-state index is 8.78. The second-order valence-electron chi connectivity index (χ2n) is 2.63. The normalized spacial score (nSPS) is 12.4. The average molecular weight is 260 g/mol. The largest absolute Gasteiger partial charge is 0.223 e. The van der Waals surface area contributed by atoms with Crippen molar-refractivity contribution >= 4 is 27.5 Å². The fourth-order valence-electron chi connectivity index (χ4n) is 0.890. The third kappa shape index (κ3) is 2.75. The van der Waals surface area contributed by atoms with E-state index in [-0.39, 0.29) is 5.92 Å². The predicted octanol–water partition coefficient (Wildman–Crippen LogP) is 2.49. The Balaban J connectivity index is 2.73. The molecule has 70 valence electrons. The minimum atomic E-state index is -0.150. The van der Waals surface area contributed by atoms with Crippen molar-refractivity contribution in [1.82, 2.24) is 9.36 Å². The summed E-state index contributed by atoms with van der Waals surface area (Å²) in [6.07, 6.45) is 1.94. The highest BCUT2D eigenvalue weighted by atomic mass is 79.9. The predicted molar refractivity (Wildman–Crippen MR) is 56.1 cm³/mol. The number of nitrogens with zero attached hydrogens (tertiary/aromatic N) is 3. The lowest BCUT2D eigenvalue weighted by Crippen LogP contribution is -1.96. The van der Waals surface area contributed by atoms with Gasteiger partial charge in [0.2, 0.25) is 0 Å². The first-order valence-corrected chi connectivity index (χ1v) is 5.99. The number of alkyl halides is 1. The number of aryl methyl sites for hydroxylation is 1. The molecule has 5 heteroatoms. The van der Waals surface area contributed by atoms with Crippen molar-refractivity contribution in [3.05, 3.63) is 10.8 Å². The van der Waals surface area contributed by atoms with Crippen LogP contribution in [0.5, 0.6) is 0 Å². The maximum atomic E-state index is 8.78. The van der Waals surface area contributed by atoms with E-state index >= 15 is 0 Å². The van der Waals surface area contributed by atoms with Crippen molar-refractivity contribution in [2.45, 2.75) is 25.7 Å². The van der Waals surface area contributed by atoms with E-state index in [0.717, 1.165) is 23.7 Å². The van der Waals surface area contributed by atoms with Gasteiger partial charge in [-0.1, -0.05) is 22.9 Å². The van der Waals surface area contributed by atoms with Crippen molar-refractivity contribution in [2.24, 2.45) is 0 Å². The van der Waals surface area contributed by atoms with E-state index in [1.165, 1.54) is 11.5 Å². The summed E-state index contributed by atoms with van der Waals surface area (Å²) in [5.41, 5.74) is 0. The minimum absolute atomic E-state index is 0.150. The summed E-state index contributed by atoms with van der Waals surface area (Å²) in [6, 6.07) is 2.18. The van der Waals surface area contributed by atoms with E-state index < -0.39 is 0 Å². The van der Waals surface area contributed by atoms with Gasteiger partial charge in [0.15, 0.2) is 0 Å². The van der Waals surface area contributed by atoms with Crippen molar-refractivity contribution in [3.8, 4) is 6.07 Å². The zero-order valence-corrected chi connectivity index (χ0v) is 9.73. The summed E-state index contributed by atoms with van der Waals surface area (Å²) in [4.78, 5) is 4.30. The van der Waals surface area contributed by atoms with Crippen LogP contribution in [0.15, 0.2) is 0 Å². The summed E-state index contributed by atoms with van der Waals surface area (Å²) in [5, 5.41) is 10.2. The van der Waals surface area contributed by atoms with Crippen LogP contribution in [0.1, 0.15) is 30.1 Å². The molecule has 0 aliphatic carbocycles. The zero-order chi connectivity index (χ0) is 9.68. The molecule has 0 radical (unpaired) electrons. The van der Waals surface area contributed by atoms with Crippen molar-refractivity contribution in [3.63, 3.8) is 0 Å². The molecular weight excluding hydrogens is 250 g/mol. The highest BCUT2D eigenvalue weighted by molar-refractivity contribution is 9.09. The van der Waals surface area contributed by atoms with Gasteiger partial charge in [0, 0.05) is 11.8 Å². The van der Waals surface area contributed by atoms with Gasteiger partial charge in [-0.05, 0) is 18.0 Å². The Morgan fingerprint density at radius 1 is 1.69 bits per heavy atom. The van der Waals surface area contributed by atoms with Crippen LogP contribution in [0.2, 0.25) is 0 Å². The lowest BCUT2D eigenvalue weighted by atomic mass is 10.2. The van der Waals surface area contributed by atoms with E-state index in [9.17, 15) is 0 Å². The van der Waals surface area contributed by atoms with Gasteiger partial charge < -0.3 is 0 Å². The van der Waals surface area contributed by atoms with Gasteiger partial charge in [-0.25, -0.2) is 4.98 Å². The Labute approximate surface area is 90.1 Å². The fourth-order valence-corrected chi connectivity index (χ4v) is 2.30. The van der Waals surface area contributed by atoms with Crippen molar-refractivity contribution < 1.29 is 0 Å². The molecule has 0 aliphatic rings. The number of halogens is 1. The van der Waals surface area contributed by atoms with E-state index in [0.29, 0.717) is 5.33 Å². The first-order valence-electron chi connectivity index (χ1n) is 4.09. The van der Waals surface area contributed by atoms with Crippen LogP contribution in [0.3, 0.4) is 0 Å². The van der Waals surface area contributed by atoms with Crippen LogP contribution in [0.25, 0.3) is 0 Å². The number of aromatic nitrogens is 2. The molecule has 0 saturated heterocycles. The fraction of sp³-hybridized carbons (Fsp3) is 0.625. The molecule has 0 saturated carbocycles. The van der Waals surface area contributed by atoms with Crippen LogP contribution in [0.4, 0.5) is 0 Å². The smallest absolute Gasteiger partial charge is 0.142 e. The summed E-state index contributed by atoms with van der Waals surface area (Å²) >= 11 is 4.61. The van der Waals surface area contributed by atoms with Gasteiger partial charge in [0.1, 0.15) is 16.7 Å². The van der Waals surface area contributed by atoms with Gasteiger partial charge in [-0.15, -0.1) is 0 Å². The second kappa shape index (κ2) is 5.30. The number of nitriles is 1. The van der Waals surface area contributed by atoms with Crippen LogP contribution in [-0.2, 0) is 6.42 Å². The monoisotopic (exact) mass is 259 g/mol. The number of hydrogen-bond donors (Lipinski definition) is 0. The molecule has 1 aromatic rings. The van der Waals surface area contributed by atoms with Crippen LogP contribution >= 0.6 is 27.5 Å². The van der Waals surface area contributed by atoms with Crippen molar-refractivity contribution in [1.29, 1.82) is 5.26 Å². The topological polar surface area (TPSA) is 49.6 Å².